The highest BCUT2D eigenvalue weighted by Crippen LogP contribution is 2.31. The van der Waals surface area contributed by atoms with Gasteiger partial charge in [0.2, 0.25) is 5.82 Å². The van der Waals surface area contributed by atoms with Crippen LogP contribution >= 0.6 is 11.6 Å². The average Bonchev–Trinajstić information content (AvgIpc) is 3.23. The number of hydrogen-bond acceptors (Lipinski definition) is 7. The van der Waals surface area contributed by atoms with Gasteiger partial charge in [-0.05, 0) is 73.4 Å². The molecular formula is C28H25ClN6O2. The molecule has 186 valence electrons. The minimum absolute atomic E-state index is 0.0814. The Morgan fingerprint density at radius 2 is 1.89 bits per heavy atom. The van der Waals surface area contributed by atoms with E-state index in [0.717, 1.165) is 44.7 Å². The number of nitrogens with one attached hydrogen (secondary N) is 2. The van der Waals surface area contributed by atoms with E-state index in [2.05, 4.69) is 30.7 Å². The maximum absolute atomic E-state index is 13.1. The average molecular weight is 513 g/mol. The summed E-state index contributed by atoms with van der Waals surface area (Å²) in [6.07, 6.45) is 3.47. The van der Waals surface area contributed by atoms with Gasteiger partial charge >= 0.3 is 0 Å². The van der Waals surface area contributed by atoms with Gasteiger partial charge in [0.1, 0.15) is 11.6 Å². The zero-order valence-electron chi connectivity index (χ0n) is 20.7. The molecular weight excluding hydrogens is 488 g/mol. The highest BCUT2D eigenvalue weighted by Gasteiger charge is 2.17. The Kier molecular flexibility index (Phi) is 6.83. The molecule has 5 aromatic rings. The van der Waals surface area contributed by atoms with Gasteiger partial charge in [-0.1, -0.05) is 35.0 Å². The minimum atomic E-state index is -0.362. The minimum Gasteiger partial charge on any atom is -0.365 e. The van der Waals surface area contributed by atoms with Crippen molar-refractivity contribution in [3.8, 4) is 11.1 Å². The number of nitrogens with zero attached hydrogens (tertiary/aromatic N) is 4. The van der Waals surface area contributed by atoms with Gasteiger partial charge in [-0.2, -0.15) is 0 Å². The Morgan fingerprint density at radius 3 is 2.65 bits per heavy atom. The van der Waals surface area contributed by atoms with Gasteiger partial charge < -0.3 is 15.2 Å². The van der Waals surface area contributed by atoms with E-state index < -0.39 is 0 Å². The summed E-state index contributed by atoms with van der Waals surface area (Å²) in [4.78, 5) is 26.4. The van der Waals surface area contributed by atoms with Crippen LogP contribution in [0.1, 0.15) is 38.8 Å². The highest BCUT2D eigenvalue weighted by molar-refractivity contribution is 6.30. The van der Waals surface area contributed by atoms with E-state index in [4.69, 9.17) is 16.1 Å². The molecule has 0 unspecified atom stereocenters. The van der Waals surface area contributed by atoms with Gasteiger partial charge in [0.05, 0.1) is 11.2 Å². The van der Waals surface area contributed by atoms with Crippen molar-refractivity contribution in [1.82, 2.24) is 25.4 Å². The predicted octanol–water partition coefficient (Wildman–Crippen LogP) is 5.80. The highest BCUT2D eigenvalue weighted by atomic mass is 35.5. The van der Waals surface area contributed by atoms with Crippen LogP contribution < -0.4 is 10.6 Å². The van der Waals surface area contributed by atoms with Crippen molar-refractivity contribution in [2.45, 2.75) is 33.9 Å². The maximum Gasteiger partial charge on any atom is 0.289 e. The Balaban J connectivity index is 1.51. The molecule has 3 heterocycles. The molecule has 3 aromatic heterocycles. The Bertz CT molecular complexity index is 1590. The van der Waals surface area contributed by atoms with Crippen molar-refractivity contribution in [2.75, 3.05) is 5.32 Å². The van der Waals surface area contributed by atoms with E-state index in [1.54, 1.807) is 12.4 Å². The third-order valence-corrected chi connectivity index (χ3v) is 6.38. The first-order valence-corrected chi connectivity index (χ1v) is 12.2. The molecule has 0 radical (unpaired) electrons. The van der Waals surface area contributed by atoms with Crippen LogP contribution in [0.3, 0.4) is 0 Å². The van der Waals surface area contributed by atoms with E-state index in [0.29, 0.717) is 29.4 Å². The number of anilines is 1. The van der Waals surface area contributed by atoms with Gasteiger partial charge in [-0.3, -0.25) is 9.78 Å². The fourth-order valence-electron chi connectivity index (χ4n) is 4.20. The van der Waals surface area contributed by atoms with Crippen molar-refractivity contribution in [3.05, 3.63) is 99.9 Å². The summed E-state index contributed by atoms with van der Waals surface area (Å²) in [5, 5.41) is 11.8. The van der Waals surface area contributed by atoms with E-state index in [9.17, 15) is 4.79 Å². The molecule has 5 rings (SSSR count). The number of halogens is 1. The number of aryl methyl sites for hydroxylation is 3. The second-order valence-electron chi connectivity index (χ2n) is 8.80. The van der Waals surface area contributed by atoms with Crippen molar-refractivity contribution < 1.29 is 9.32 Å². The van der Waals surface area contributed by atoms with E-state index in [-0.39, 0.29) is 11.7 Å². The normalized spacial score (nSPS) is 11.0. The smallest absolute Gasteiger partial charge is 0.289 e. The van der Waals surface area contributed by atoms with Gasteiger partial charge in [-0.15, -0.1) is 0 Å². The number of fused-ring (bicyclic) bond motifs is 1. The first kappa shape index (κ1) is 24.4. The van der Waals surface area contributed by atoms with Crippen LogP contribution in [0.5, 0.6) is 0 Å². The number of carbonyl (C=O) groups excluding carboxylic acids is 1. The summed E-state index contributed by atoms with van der Waals surface area (Å²) in [5.41, 5.74) is 6.27. The monoisotopic (exact) mass is 512 g/mol. The number of hydrogen-bond donors (Lipinski definition) is 2. The van der Waals surface area contributed by atoms with Crippen molar-refractivity contribution in [3.63, 3.8) is 0 Å². The number of rotatable bonds is 7. The van der Waals surface area contributed by atoms with E-state index >= 15 is 0 Å². The van der Waals surface area contributed by atoms with E-state index in [1.165, 1.54) is 0 Å². The molecule has 8 nitrogen and oxygen atoms in total. The molecule has 0 bridgehead atoms. The molecule has 0 saturated heterocycles. The molecule has 1 amide bonds. The number of pyridine rings is 1. The number of carbonyl (C=O) groups is 1. The Morgan fingerprint density at radius 1 is 1.03 bits per heavy atom. The summed E-state index contributed by atoms with van der Waals surface area (Å²) in [6, 6.07) is 15.3. The lowest BCUT2D eigenvalue weighted by Crippen LogP contribution is -2.25. The first-order valence-electron chi connectivity index (χ1n) is 11.8. The van der Waals surface area contributed by atoms with Crippen molar-refractivity contribution in [1.29, 1.82) is 0 Å². The summed E-state index contributed by atoms with van der Waals surface area (Å²) in [6.45, 7) is 6.56. The van der Waals surface area contributed by atoms with Crippen LogP contribution in [0.4, 0.5) is 5.82 Å². The fraction of sp³-hybridized carbons (Fsp3) is 0.179. The molecule has 0 atom stereocenters. The van der Waals surface area contributed by atoms with Gasteiger partial charge in [0.25, 0.3) is 5.91 Å². The third kappa shape index (κ3) is 5.29. The first-order chi connectivity index (χ1) is 17.9. The van der Waals surface area contributed by atoms with Gasteiger partial charge in [0, 0.05) is 41.5 Å². The van der Waals surface area contributed by atoms with E-state index in [1.807, 2.05) is 69.3 Å². The third-order valence-electron chi connectivity index (χ3n) is 6.15. The molecule has 2 aromatic carbocycles. The molecule has 0 aliphatic carbocycles. The molecule has 0 aliphatic heterocycles. The molecule has 0 spiro atoms. The lowest BCUT2D eigenvalue weighted by molar-refractivity contribution is 0.0941. The lowest BCUT2D eigenvalue weighted by Gasteiger charge is -2.13. The fourth-order valence-corrected chi connectivity index (χ4v) is 4.42. The van der Waals surface area contributed by atoms with Crippen LogP contribution in [0, 0.1) is 20.8 Å². The van der Waals surface area contributed by atoms with Crippen LogP contribution in [0.15, 0.2) is 65.4 Å². The number of aromatic nitrogens is 4. The zero-order chi connectivity index (χ0) is 25.9. The number of amides is 1. The van der Waals surface area contributed by atoms with Crippen LogP contribution in [0.25, 0.3) is 22.0 Å². The van der Waals surface area contributed by atoms with Crippen LogP contribution in [-0.4, -0.2) is 26.0 Å². The summed E-state index contributed by atoms with van der Waals surface area (Å²) < 4.78 is 5.36. The van der Waals surface area contributed by atoms with Crippen molar-refractivity contribution >= 4 is 34.2 Å². The molecule has 0 aliphatic rings. The lowest BCUT2D eigenvalue weighted by atomic mass is 10.0. The molecule has 37 heavy (non-hydrogen) atoms. The molecule has 2 N–H and O–H groups in total. The zero-order valence-corrected chi connectivity index (χ0v) is 21.4. The summed E-state index contributed by atoms with van der Waals surface area (Å²) in [5.74, 6) is 0.994. The molecule has 0 saturated carbocycles. The Labute approximate surface area is 219 Å². The van der Waals surface area contributed by atoms with Gasteiger partial charge in [-0.25, -0.2) is 9.97 Å². The quantitative estimate of drug-likeness (QED) is 0.284. The maximum atomic E-state index is 13.1. The number of benzene rings is 2. The largest absolute Gasteiger partial charge is 0.365 e. The van der Waals surface area contributed by atoms with Crippen LogP contribution in [-0.2, 0) is 13.1 Å². The SMILES string of the molecule is Cc1cnccc1CNC(=O)c1nc(NCc2cccc(Cl)c2)c2cc(-c3c(C)noc3C)ccc2n1. The second kappa shape index (κ2) is 10.4. The predicted molar refractivity (Wildman–Crippen MR) is 143 cm³/mol. The summed E-state index contributed by atoms with van der Waals surface area (Å²) in [7, 11) is 0. The molecule has 0 fully saturated rings. The standard InChI is InChI=1S/C28H25ClN6O2/c1-16-13-30-10-9-21(16)15-32-28(36)27-33-24-8-7-20(25-17(2)35-37-18(25)3)12-23(24)26(34-27)31-14-19-5-4-6-22(29)11-19/h4-13H,14-15H2,1-3H3,(H,32,36)(H,31,33,34). The second-order valence-corrected chi connectivity index (χ2v) is 9.23. The molecule has 9 heteroatoms. The summed E-state index contributed by atoms with van der Waals surface area (Å²) >= 11 is 6.17. The van der Waals surface area contributed by atoms with Crippen molar-refractivity contribution in [2.24, 2.45) is 0 Å². The van der Waals surface area contributed by atoms with Crippen LogP contribution in [0.2, 0.25) is 5.02 Å². The Hall–Kier alpha value is -4.30. The topological polar surface area (TPSA) is 106 Å². The van der Waals surface area contributed by atoms with Gasteiger partial charge in [0.15, 0.2) is 0 Å².